The third-order valence-electron chi connectivity index (χ3n) is 14.7. The highest BCUT2D eigenvalue weighted by Crippen LogP contribution is 2.58. The predicted molar refractivity (Wildman–Crippen MR) is 260 cm³/mol. The van der Waals surface area contributed by atoms with Crippen LogP contribution in [0.25, 0.3) is 152 Å². The van der Waals surface area contributed by atoms with Crippen LogP contribution in [0.5, 0.6) is 0 Å². The number of fused-ring (bicyclic) bond motifs is 14. The van der Waals surface area contributed by atoms with Gasteiger partial charge in [0.2, 0.25) is 0 Å². The van der Waals surface area contributed by atoms with Gasteiger partial charge in [0, 0.05) is 0 Å². The first-order chi connectivity index (χ1) is 29.6. The number of hydrogen-bond donors (Lipinski definition) is 0. The van der Waals surface area contributed by atoms with Crippen LogP contribution in [0, 0.1) is 13.8 Å². The maximum absolute atomic E-state index is 2.48. The van der Waals surface area contributed by atoms with Gasteiger partial charge in [-0.3, -0.25) is 0 Å². The van der Waals surface area contributed by atoms with Gasteiger partial charge in [0.1, 0.15) is 0 Å². The Morgan fingerprint density at radius 1 is 0.233 bits per heavy atom. The molecule has 0 heteroatoms. The third kappa shape index (κ3) is 3.59. The van der Waals surface area contributed by atoms with Crippen LogP contribution < -0.4 is 0 Å². The second-order valence-electron chi connectivity index (χ2n) is 17.5. The Morgan fingerprint density at radius 3 is 1.45 bits per heavy atom. The zero-order valence-electron chi connectivity index (χ0n) is 33.2. The Labute approximate surface area is 345 Å². The van der Waals surface area contributed by atoms with Crippen LogP contribution in [0.1, 0.15) is 11.1 Å². The summed E-state index contributed by atoms with van der Waals surface area (Å²) in [7, 11) is 0. The lowest BCUT2D eigenvalue weighted by Gasteiger charge is -2.16. The van der Waals surface area contributed by atoms with Crippen molar-refractivity contribution in [2.45, 2.75) is 13.8 Å². The van der Waals surface area contributed by atoms with E-state index in [0.29, 0.717) is 0 Å². The largest absolute Gasteiger partial charge is 0.0622 e. The number of benzene rings is 12. The molecule has 0 aromatic heterocycles. The van der Waals surface area contributed by atoms with E-state index < -0.39 is 0 Å². The fourth-order valence-electron chi connectivity index (χ4n) is 12.4. The molecule has 0 saturated heterocycles. The number of rotatable bonds is 2. The van der Waals surface area contributed by atoms with Crippen LogP contribution in [0.15, 0.2) is 170 Å². The quantitative estimate of drug-likeness (QED) is 0.122. The van der Waals surface area contributed by atoms with Gasteiger partial charge in [0.05, 0.1) is 0 Å². The van der Waals surface area contributed by atoms with E-state index in [1.54, 1.807) is 0 Å². The Bertz CT molecular complexity index is 4180. The van der Waals surface area contributed by atoms with Gasteiger partial charge in [-0.2, -0.15) is 0 Å². The molecule has 14 aromatic rings. The van der Waals surface area contributed by atoms with Crippen LogP contribution in [0.3, 0.4) is 0 Å². The summed E-state index contributed by atoms with van der Waals surface area (Å²) in [6.45, 7) is 4.47. The van der Waals surface area contributed by atoms with Crippen molar-refractivity contribution in [1.82, 2.24) is 0 Å². The molecule has 274 valence electrons. The van der Waals surface area contributed by atoms with Gasteiger partial charge < -0.3 is 0 Å². The van der Waals surface area contributed by atoms with Crippen molar-refractivity contribution in [2.75, 3.05) is 0 Å². The molecule has 0 bridgehead atoms. The van der Waals surface area contributed by atoms with Gasteiger partial charge in [-0.1, -0.05) is 158 Å². The van der Waals surface area contributed by atoms with E-state index in [4.69, 9.17) is 0 Å². The maximum atomic E-state index is 2.48. The Hall–Kier alpha value is -7.54. The summed E-state index contributed by atoms with van der Waals surface area (Å²) in [6.07, 6.45) is 0. The third-order valence-corrected chi connectivity index (χ3v) is 14.7. The highest BCUT2D eigenvalue weighted by atomic mass is 14.3. The highest BCUT2D eigenvalue weighted by Gasteiger charge is 2.29. The van der Waals surface area contributed by atoms with Crippen molar-refractivity contribution < 1.29 is 0 Å². The molecule has 0 N–H and O–H groups in total. The topological polar surface area (TPSA) is 0 Å². The zero-order valence-corrected chi connectivity index (χ0v) is 33.2. The van der Waals surface area contributed by atoms with Crippen LogP contribution in [0.4, 0.5) is 0 Å². The summed E-state index contributed by atoms with van der Waals surface area (Å²) in [4.78, 5) is 0. The standard InChI is InChI=1S/C60H34/c1-31-11-10-12-32(2)50(31)35-19-20-37-40-21-22-41-43-25-27-46-56-47(28-26-44(55(43)56)42-23-24-45(48(37)30-35)53(40)54(41)42)59-57-39-18-9-8-17-38(39)52-36-16-7-6-15-34(36)29-49(60(52)57)51(58(46)59)33-13-4-3-5-14-33/h3-30H,1-2H3. The van der Waals surface area contributed by atoms with Crippen molar-refractivity contribution in [3.63, 3.8) is 0 Å². The van der Waals surface area contributed by atoms with Crippen LogP contribution in [-0.2, 0) is 0 Å². The van der Waals surface area contributed by atoms with E-state index in [0.717, 1.165) is 0 Å². The molecule has 0 radical (unpaired) electrons. The summed E-state index contributed by atoms with van der Waals surface area (Å²) in [5, 5.41) is 27.2. The molecule has 14 aromatic carbocycles. The Morgan fingerprint density at radius 2 is 0.717 bits per heavy atom. The first kappa shape index (κ1) is 31.5. The van der Waals surface area contributed by atoms with E-state index in [2.05, 4.69) is 184 Å². The minimum absolute atomic E-state index is 1.27. The Kier molecular flexibility index (Phi) is 5.63. The number of aryl methyl sites for hydroxylation is 2. The summed E-state index contributed by atoms with van der Waals surface area (Å²) in [5.41, 5.74) is 13.3. The molecule has 0 unspecified atom stereocenters. The van der Waals surface area contributed by atoms with Crippen LogP contribution >= 0.6 is 0 Å². The van der Waals surface area contributed by atoms with Crippen molar-refractivity contribution in [3.05, 3.63) is 181 Å². The summed E-state index contributed by atoms with van der Waals surface area (Å²) in [6, 6.07) is 65.1. The van der Waals surface area contributed by atoms with E-state index in [9.17, 15) is 0 Å². The molecular formula is C60H34. The van der Waals surface area contributed by atoms with Gasteiger partial charge in [-0.25, -0.2) is 0 Å². The molecule has 0 heterocycles. The lowest BCUT2D eigenvalue weighted by Crippen LogP contribution is -1.88. The minimum Gasteiger partial charge on any atom is -0.0622 e. The molecule has 1 aliphatic rings. The average molecular weight is 755 g/mol. The molecular weight excluding hydrogens is 721 g/mol. The van der Waals surface area contributed by atoms with Gasteiger partial charge in [0.15, 0.2) is 0 Å². The summed E-state index contributed by atoms with van der Waals surface area (Å²) < 4.78 is 0. The average Bonchev–Trinajstić information content (AvgIpc) is 3.93. The van der Waals surface area contributed by atoms with E-state index >= 15 is 0 Å². The van der Waals surface area contributed by atoms with Crippen molar-refractivity contribution in [1.29, 1.82) is 0 Å². The van der Waals surface area contributed by atoms with Gasteiger partial charge in [-0.15, -0.1) is 0 Å². The predicted octanol–water partition coefficient (Wildman–Crippen LogP) is 17.1. The van der Waals surface area contributed by atoms with Gasteiger partial charge in [0.25, 0.3) is 0 Å². The smallest absolute Gasteiger partial charge is 0.000696 e. The molecule has 0 nitrogen and oxygen atoms in total. The number of hydrogen-bond acceptors (Lipinski definition) is 0. The molecule has 0 amide bonds. The molecule has 15 rings (SSSR count). The maximum Gasteiger partial charge on any atom is -0.000696 e. The highest BCUT2D eigenvalue weighted by molar-refractivity contribution is 6.52. The molecule has 0 aliphatic heterocycles. The van der Waals surface area contributed by atoms with Crippen LogP contribution in [0.2, 0.25) is 0 Å². The van der Waals surface area contributed by atoms with E-state index in [1.807, 2.05) is 0 Å². The lowest BCUT2D eigenvalue weighted by molar-refractivity contribution is 1.38. The SMILES string of the molecule is Cc1cccc(C)c1-c1ccc2c(c1)-c1ccc3c4ccc5c6c(ccc(c7ccc-2c1c73)c46)c1c(-c2ccccc2)c2cc3ccccc3c3c4ccccc4c(c51)c23. The first-order valence-corrected chi connectivity index (χ1v) is 21.3. The van der Waals surface area contributed by atoms with Crippen molar-refractivity contribution in [3.8, 4) is 44.5 Å². The Balaban J connectivity index is 1.11. The summed E-state index contributed by atoms with van der Waals surface area (Å²) >= 11 is 0. The second kappa shape index (κ2) is 10.7. The molecule has 60 heavy (non-hydrogen) atoms. The van der Waals surface area contributed by atoms with Crippen LogP contribution in [-0.4, -0.2) is 0 Å². The zero-order chi connectivity index (χ0) is 39.1. The fraction of sp³-hybridized carbons (Fsp3) is 0.0333. The van der Waals surface area contributed by atoms with Crippen molar-refractivity contribution >= 4 is 108 Å². The van der Waals surface area contributed by atoms with Gasteiger partial charge in [-0.05, 0) is 189 Å². The molecule has 0 spiro atoms. The van der Waals surface area contributed by atoms with E-state index in [1.165, 1.54) is 163 Å². The summed E-state index contributed by atoms with van der Waals surface area (Å²) in [5.74, 6) is 0. The second-order valence-corrected chi connectivity index (χ2v) is 17.5. The molecule has 1 aliphatic carbocycles. The van der Waals surface area contributed by atoms with Gasteiger partial charge >= 0.3 is 0 Å². The molecule has 0 fully saturated rings. The first-order valence-electron chi connectivity index (χ1n) is 21.3. The van der Waals surface area contributed by atoms with E-state index in [-0.39, 0.29) is 0 Å². The lowest BCUT2D eigenvalue weighted by atomic mass is 9.87. The monoisotopic (exact) mass is 754 g/mol. The van der Waals surface area contributed by atoms with Crippen molar-refractivity contribution in [2.24, 2.45) is 0 Å². The fourth-order valence-corrected chi connectivity index (χ4v) is 12.4. The molecule has 0 saturated carbocycles. The normalized spacial score (nSPS) is 12.8. The minimum atomic E-state index is 1.27. The molecule has 0 atom stereocenters.